The molecule has 0 spiro atoms. The van der Waals surface area contributed by atoms with Gasteiger partial charge in [0.15, 0.2) is 5.11 Å². The zero-order valence-corrected chi connectivity index (χ0v) is 14.4. The van der Waals surface area contributed by atoms with Gasteiger partial charge in [-0.2, -0.15) is 0 Å². The maximum Gasteiger partial charge on any atom is 0.271 e. The molecule has 0 bridgehead atoms. The molecule has 0 radical (unpaired) electrons. The van der Waals surface area contributed by atoms with E-state index in [4.69, 9.17) is 23.8 Å². The van der Waals surface area contributed by atoms with Crippen LogP contribution >= 0.6 is 23.8 Å². The number of nitrogens with one attached hydrogen (secondary N) is 1. The molecule has 124 valence electrons. The first-order valence-electron chi connectivity index (χ1n) is 8.04. The molecule has 2 aliphatic rings. The molecule has 1 saturated carbocycles. The minimum atomic E-state index is -0.432. The fourth-order valence-corrected chi connectivity index (χ4v) is 4.14. The number of non-ortho nitro benzene ring substituents is 1. The number of halogens is 1. The van der Waals surface area contributed by atoms with Gasteiger partial charge in [-0.15, -0.1) is 0 Å². The van der Waals surface area contributed by atoms with Crippen LogP contribution in [0.4, 0.5) is 11.4 Å². The largest absolute Gasteiger partial charge is 0.349 e. The minimum Gasteiger partial charge on any atom is -0.349 e. The summed E-state index contributed by atoms with van der Waals surface area (Å²) in [5.41, 5.74) is 0.502. The highest BCUT2D eigenvalue weighted by Crippen LogP contribution is 2.36. The summed E-state index contributed by atoms with van der Waals surface area (Å²) >= 11 is 11.6. The molecule has 1 aliphatic carbocycles. The third-order valence-corrected chi connectivity index (χ3v) is 5.67. The number of nitrogens with zero attached hydrogens (tertiary/aromatic N) is 2. The van der Waals surface area contributed by atoms with Crippen molar-refractivity contribution in [2.75, 3.05) is 18.4 Å². The molecule has 7 heteroatoms. The molecule has 1 aromatic carbocycles. The van der Waals surface area contributed by atoms with Crippen LogP contribution in [0.2, 0.25) is 5.02 Å². The van der Waals surface area contributed by atoms with Crippen LogP contribution in [-0.2, 0) is 0 Å². The number of thiocarbonyl (C=S) groups is 1. The third kappa shape index (κ3) is 3.75. The second-order valence-electron chi connectivity index (χ2n) is 6.39. The molecule has 1 aliphatic heterocycles. The van der Waals surface area contributed by atoms with Gasteiger partial charge >= 0.3 is 0 Å². The van der Waals surface area contributed by atoms with Crippen molar-refractivity contribution in [3.8, 4) is 0 Å². The Morgan fingerprint density at radius 2 is 2.04 bits per heavy atom. The number of nitro groups is 1. The lowest BCUT2D eigenvalue weighted by atomic mass is 9.75. The van der Waals surface area contributed by atoms with Crippen LogP contribution < -0.4 is 5.32 Å². The number of rotatable bonds is 2. The second-order valence-corrected chi connectivity index (χ2v) is 7.18. The highest BCUT2D eigenvalue weighted by Gasteiger charge is 2.32. The summed E-state index contributed by atoms with van der Waals surface area (Å²) in [5.74, 6) is 1.56. The Morgan fingerprint density at radius 3 is 2.78 bits per heavy atom. The molecule has 1 saturated heterocycles. The van der Waals surface area contributed by atoms with Crippen LogP contribution in [0.3, 0.4) is 0 Å². The summed E-state index contributed by atoms with van der Waals surface area (Å²) in [6.45, 7) is 1.92. The summed E-state index contributed by atoms with van der Waals surface area (Å²) in [7, 11) is 0. The lowest BCUT2D eigenvalue weighted by Crippen LogP contribution is -2.46. The molecule has 3 rings (SSSR count). The van der Waals surface area contributed by atoms with Gasteiger partial charge in [-0.1, -0.05) is 30.9 Å². The Labute approximate surface area is 146 Å². The lowest BCUT2D eigenvalue weighted by molar-refractivity contribution is -0.384. The first kappa shape index (κ1) is 16.5. The summed E-state index contributed by atoms with van der Waals surface area (Å²) in [5, 5.41) is 15.0. The predicted molar refractivity (Wildman–Crippen MR) is 96.0 cm³/mol. The van der Waals surface area contributed by atoms with Crippen molar-refractivity contribution < 1.29 is 4.92 Å². The van der Waals surface area contributed by atoms with E-state index in [1.165, 1.54) is 50.3 Å². The third-order valence-electron chi connectivity index (χ3n) is 4.98. The Bertz CT molecular complexity index is 625. The van der Waals surface area contributed by atoms with Gasteiger partial charge in [0.1, 0.15) is 0 Å². The minimum absolute atomic E-state index is 0.00527. The number of anilines is 1. The zero-order chi connectivity index (χ0) is 16.4. The monoisotopic (exact) mass is 353 g/mol. The van der Waals surface area contributed by atoms with Crippen molar-refractivity contribution in [2.24, 2.45) is 11.8 Å². The maximum absolute atomic E-state index is 10.9. The molecule has 0 unspecified atom stereocenters. The Morgan fingerprint density at radius 1 is 1.30 bits per heavy atom. The van der Waals surface area contributed by atoms with Crippen molar-refractivity contribution in [1.29, 1.82) is 0 Å². The molecule has 2 atom stereocenters. The average molecular weight is 354 g/mol. The van der Waals surface area contributed by atoms with Gasteiger partial charge in [-0.3, -0.25) is 10.1 Å². The summed E-state index contributed by atoms with van der Waals surface area (Å²) in [4.78, 5) is 12.6. The van der Waals surface area contributed by atoms with Crippen molar-refractivity contribution in [1.82, 2.24) is 4.90 Å². The predicted octanol–water partition coefficient (Wildman–Crippen LogP) is 4.46. The van der Waals surface area contributed by atoms with Crippen LogP contribution in [0.25, 0.3) is 0 Å². The summed E-state index contributed by atoms with van der Waals surface area (Å²) in [6.07, 6.45) is 6.46. The van der Waals surface area contributed by atoms with Crippen molar-refractivity contribution in [3.63, 3.8) is 0 Å². The van der Waals surface area contributed by atoms with Crippen molar-refractivity contribution in [3.05, 3.63) is 33.3 Å². The molecule has 1 aromatic rings. The molecule has 0 amide bonds. The number of hydrogen-bond donors (Lipinski definition) is 1. The normalized spacial score (nSPS) is 24.0. The van der Waals surface area contributed by atoms with Gasteiger partial charge in [-0.05, 0) is 43.0 Å². The number of fused-ring (bicyclic) bond motifs is 1. The first-order valence-corrected chi connectivity index (χ1v) is 8.83. The smallest absolute Gasteiger partial charge is 0.271 e. The van der Waals surface area contributed by atoms with E-state index in [0.29, 0.717) is 15.8 Å². The topological polar surface area (TPSA) is 58.4 Å². The molecule has 2 fully saturated rings. The molecule has 0 aromatic heterocycles. The van der Waals surface area contributed by atoms with E-state index < -0.39 is 4.92 Å². The van der Waals surface area contributed by atoms with E-state index in [9.17, 15) is 10.1 Å². The fourth-order valence-electron chi connectivity index (χ4n) is 3.70. The number of nitro benzene ring substituents is 1. The Balaban J connectivity index is 1.67. The summed E-state index contributed by atoms with van der Waals surface area (Å²) in [6, 6.07) is 4.35. The molecule has 5 nitrogen and oxygen atoms in total. The molecular formula is C16H20ClN3O2S. The van der Waals surface area contributed by atoms with Gasteiger partial charge in [0.2, 0.25) is 0 Å². The number of hydrogen-bond acceptors (Lipinski definition) is 3. The van der Waals surface area contributed by atoms with Crippen LogP contribution in [0, 0.1) is 22.0 Å². The highest BCUT2D eigenvalue weighted by molar-refractivity contribution is 7.80. The van der Waals surface area contributed by atoms with Crippen LogP contribution in [0.15, 0.2) is 18.2 Å². The second kappa shape index (κ2) is 7.01. The van der Waals surface area contributed by atoms with Gasteiger partial charge in [0.25, 0.3) is 5.69 Å². The summed E-state index contributed by atoms with van der Waals surface area (Å²) < 4.78 is 0. The van der Waals surface area contributed by atoms with Gasteiger partial charge in [0, 0.05) is 25.2 Å². The molecule has 1 heterocycles. The molecular weight excluding hydrogens is 334 g/mol. The highest BCUT2D eigenvalue weighted by atomic mass is 35.5. The SMILES string of the molecule is O=[N+]([O-])c1ccc(Cl)c(NC(=S)N2CC[C@H]3CCCC[C@@H]3C2)c1. The van der Waals surface area contributed by atoms with Gasteiger partial charge in [-0.25, -0.2) is 0 Å². The zero-order valence-electron chi connectivity index (χ0n) is 12.8. The van der Waals surface area contributed by atoms with E-state index in [1.54, 1.807) is 0 Å². The standard InChI is InChI=1S/C16H20ClN3O2S/c17-14-6-5-13(20(21)22)9-15(14)18-16(23)19-8-7-11-3-1-2-4-12(11)10-19/h5-6,9,11-12H,1-4,7-8,10H2,(H,18,23)/t11-,12-/m1/s1. The van der Waals surface area contributed by atoms with Crippen LogP contribution in [0.1, 0.15) is 32.1 Å². The van der Waals surface area contributed by atoms with Crippen LogP contribution in [0.5, 0.6) is 0 Å². The average Bonchev–Trinajstić information content (AvgIpc) is 2.56. The Kier molecular flexibility index (Phi) is 5.02. The quantitative estimate of drug-likeness (QED) is 0.483. The van der Waals surface area contributed by atoms with E-state index in [2.05, 4.69) is 10.2 Å². The molecule has 23 heavy (non-hydrogen) atoms. The Hall–Kier alpha value is -1.40. The number of likely N-dealkylation sites (tertiary alicyclic amines) is 1. The lowest BCUT2D eigenvalue weighted by Gasteiger charge is -2.42. The van der Waals surface area contributed by atoms with Crippen molar-refractivity contribution >= 4 is 40.3 Å². The van der Waals surface area contributed by atoms with E-state index >= 15 is 0 Å². The van der Waals surface area contributed by atoms with Gasteiger partial charge in [0.05, 0.1) is 15.6 Å². The van der Waals surface area contributed by atoms with E-state index in [1.807, 2.05) is 0 Å². The van der Waals surface area contributed by atoms with Crippen molar-refractivity contribution in [2.45, 2.75) is 32.1 Å². The van der Waals surface area contributed by atoms with E-state index in [-0.39, 0.29) is 5.69 Å². The first-order chi connectivity index (χ1) is 11.0. The number of piperidine rings is 1. The number of benzene rings is 1. The van der Waals surface area contributed by atoms with E-state index in [0.717, 1.165) is 24.9 Å². The van der Waals surface area contributed by atoms with Gasteiger partial charge < -0.3 is 10.2 Å². The fraction of sp³-hybridized carbons (Fsp3) is 0.562. The van der Waals surface area contributed by atoms with Crippen LogP contribution in [-0.4, -0.2) is 28.0 Å². The molecule has 1 N–H and O–H groups in total. The maximum atomic E-state index is 10.9.